The molecular formula is C20H29NO2. The van der Waals surface area contributed by atoms with Crippen molar-refractivity contribution in [1.29, 1.82) is 0 Å². The molecular weight excluding hydrogens is 286 g/mol. The maximum atomic E-state index is 12.5. The van der Waals surface area contributed by atoms with Gasteiger partial charge in [0.15, 0.2) is 0 Å². The van der Waals surface area contributed by atoms with Crippen LogP contribution in [0.15, 0.2) is 30.3 Å². The highest BCUT2D eigenvalue weighted by Gasteiger charge is 2.34. The lowest BCUT2D eigenvalue weighted by atomic mass is 9.85. The number of rotatable bonds is 7. The number of piperidine rings is 1. The molecule has 1 fully saturated rings. The Morgan fingerprint density at radius 1 is 1.26 bits per heavy atom. The van der Waals surface area contributed by atoms with Crippen molar-refractivity contribution in [2.24, 2.45) is 11.8 Å². The third-order valence-electron chi connectivity index (χ3n) is 4.69. The molecule has 23 heavy (non-hydrogen) atoms. The van der Waals surface area contributed by atoms with E-state index in [1.165, 1.54) is 5.56 Å². The Morgan fingerprint density at radius 2 is 1.96 bits per heavy atom. The van der Waals surface area contributed by atoms with Crippen LogP contribution >= 0.6 is 0 Å². The number of Topliss-reactive ketones (excluding diaryl/α,β-unsaturated/α-hetero) is 1. The number of carbonyl (C=O) groups excluding carboxylic acids is 2. The molecule has 1 aromatic carbocycles. The van der Waals surface area contributed by atoms with E-state index in [-0.39, 0.29) is 23.7 Å². The van der Waals surface area contributed by atoms with Crippen molar-refractivity contribution in [3.63, 3.8) is 0 Å². The van der Waals surface area contributed by atoms with Crippen LogP contribution in [-0.2, 0) is 16.0 Å². The largest absolute Gasteiger partial charge is 0.340 e. The molecule has 1 aliphatic rings. The van der Waals surface area contributed by atoms with E-state index in [1.54, 1.807) is 0 Å². The Morgan fingerprint density at radius 3 is 2.61 bits per heavy atom. The van der Waals surface area contributed by atoms with Crippen LogP contribution in [0, 0.1) is 11.8 Å². The van der Waals surface area contributed by atoms with E-state index in [4.69, 9.17) is 0 Å². The summed E-state index contributed by atoms with van der Waals surface area (Å²) in [5.41, 5.74) is 1.27. The van der Waals surface area contributed by atoms with Gasteiger partial charge in [-0.3, -0.25) is 9.59 Å². The number of aryl methyl sites for hydroxylation is 1. The predicted octanol–water partition coefficient (Wildman–Crippen LogP) is 3.86. The van der Waals surface area contributed by atoms with Gasteiger partial charge in [-0.1, -0.05) is 37.3 Å². The third-order valence-corrected chi connectivity index (χ3v) is 4.69. The van der Waals surface area contributed by atoms with Crippen LogP contribution in [-0.4, -0.2) is 29.2 Å². The summed E-state index contributed by atoms with van der Waals surface area (Å²) in [6.45, 7) is 7.10. The summed E-state index contributed by atoms with van der Waals surface area (Å²) in [6, 6.07) is 10.5. The van der Waals surface area contributed by atoms with E-state index in [1.807, 2.05) is 23.1 Å². The van der Waals surface area contributed by atoms with Gasteiger partial charge in [-0.25, -0.2) is 0 Å². The first-order chi connectivity index (χ1) is 11.0. The normalized spacial score (nSPS) is 21.7. The first-order valence-electron chi connectivity index (χ1n) is 8.83. The Bertz CT molecular complexity index is 524. The van der Waals surface area contributed by atoms with Crippen molar-refractivity contribution < 1.29 is 9.59 Å². The minimum absolute atomic E-state index is 0.106. The SMILES string of the molecule is CC1CC(CC(=O)CCCc2ccccc2)C(=O)N(C(C)C)C1. The summed E-state index contributed by atoms with van der Waals surface area (Å²) in [6.07, 6.45) is 3.65. The maximum absolute atomic E-state index is 12.5. The Labute approximate surface area is 140 Å². The zero-order valence-corrected chi connectivity index (χ0v) is 14.6. The Hall–Kier alpha value is -1.64. The summed E-state index contributed by atoms with van der Waals surface area (Å²) >= 11 is 0. The van der Waals surface area contributed by atoms with E-state index in [9.17, 15) is 9.59 Å². The summed E-state index contributed by atoms with van der Waals surface area (Å²) in [5, 5.41) is 0. The molecule has 0 aromatic heterocycles. The van der Waals surface area contributed by atoms with Crippen molar-refractivity contribution in [1.82, 2.24) is 4.90 Å². The highest BCUT2D eigenvalue weighted by molar-refractivity contribution is 5.87. The second-order valence-electron chi connectivity index (χ2n) is 7.20. The van der Waals surface area contributed by atoms with Crippen LogP contribution in [0.2, 0.25) is 0 Å². The second-order valence-corrected chi connectivity index (χ2v) is 7.20. The molecule has 0 bridgehead atoms. The van der Waals surface area contributed by atoms with Gasteiger partial charge >= 0.3 is 0 Å². The third kappa shape index (κ3) is 5.19. The molecule has 1 heterocycles. The van der Waals surface area contributed by atoms with Crippen molar-refractivity contribution in [2.45, 2.75) is 58.9 Å². The van der Waals surface area contributed by atoms with Crippen LogP contribution in [0.5, 0.6) is 0 Å². The second kappa shape index (κ2) is 8.28. The van der Waals surface area contributed by atoms with Crippen LogP contribution in [0.25, 0.3) is 0 Å². The molecule has 0 saturated carbocycles. The molecule has 0 N–H and O–H groups in total. The van der Waals surface area contributed by atoms with Crippen LogP contribution < -0.4 is 0 Å². The van der Waals surface area contributed by atoms with E-state index in [0.29, 0.717) is 18.8 Å². The maximum Gasteiger partial charge on any atom is 0.226 e. The van der Waals surface area contributed by atoms with Crippen molar-refractivity contribution in [3.05, 3.63) is 35.9 Å². The Kier molecular flexibility index (Phi) is 6.37. The van der Waals surface area contributed by atoms with Crippen LogP contribution in [0.3, 0.4) is 0 Å². The molecule has 3 nitrogen and oxygen atoms in total. The summed E-state index contributed by atoms with van der Waals surface area (Å²) in [4.78, 5) is 26.7. The van der Waals surface area contributed by atoms with Gasteiger partial charge in [0, 0.05) is 31.3 Å². The standard InChI is InChI=1S/C20H29NO2/c1-15(2)21-14-16(3)12-18(20(21)23)13-19(22)11-7-10-17-8-5-4-6-9-17/h4-6,8-9,15-16,18H,7,10-14H2,1-3H3. The number of carbonyl (C=O) groups is 2. The number of likely N-dealkylation sites (tertiary alicyclic amines) is 1. The van der Waals surface area contributed by atoms with Gasteiger partial charge in [-0.05, 0) is 44.6 Å². The average molecular weight is 315 g/mol. The molecule has 1 aromatic rings. The molecule has 2 atom stereocenters. The van der Waals surface area contributed by atoms with Gasteiger partial charge < -0.3 is 4.90 Å². The van der Waals surface area contributed by atoms with Gasteiger partial charge in [0.1, 0.15) is 5.78 Å². The van der Waals surface area contributed by atoms with Crippen molar-refractivity contribution >= 4 is 11.7 Å². The van der Waals surface area contributed by atoms with E-state index in [2.05, 4.69) is 32.9 Å². The molecule has 126 valence electrons. The van der Waals surface area contributed by atoms with Gasteiger partial charge in [-0.15, -0.1) is 0 Å². The monoisotopic (exact) mass is 315 g/mol. The lowest BCUT2D eigenvalue weighted by molar-refractivity contribution is -0.144. The zero-order valence-electron chi connectivity index (χ0n) is 14.6. The Balaban J connectivity index is 1.80. The highest BCUT2D eigenvalue weighted by Crippen LogP contribution is 2.27. The van der Waals surface area contributed by atoms with Gasteiger partial charge in [0.05, 0.1) is 0 Å². The quantitative estimate of drug-likeness (QED) is 0.766. The topological polar surface area (TPSA) is 37.4 Å². The first kappa shape index (κ1) is 17.7. The molecule has 0 radical (unpaired) electrons. The smallest absolute Gasteiger partial charge is 0.226 e. The molecule has 1 aliphatic heterocycles. The van der Waals surface area contributed by atoms with Crippen LogP contribution in [0.1, 0.15) is 52.0 Å². The highest BCUT2D eigenvalue weighted by atomic mass is 16.2. The van der Waals surface area contributed by atoms with E-state index in [0.717, 1.165) is 25.8 Å². The minimum atomic E-state index is -0.106. The molecule has 1 saturated heterocycles. The van der Waals surface area contributed by atoms with E-state index < -0.39 is 0 Å². The summed E-state index contributed by atoms with van der Waals surface area (Å²) in [5.74, 6) is 0.786. The fraction of sp³-hybridized carbons (Fsp3) is 0.600. The molecule has 0 spiro atoms. The molecule has 3 heteroatoms. The summed E-state index contributed by atoms with van der Waals surface area (Å²) in [7, 11) is 0. The number of hydrogen-bond donors (Lipinski definition) is 0. The van der Waals surface area contributed by atoms with Crippen molar-refractivity contribution in [3.8, 4) is 0 Å². The fourth-order valence-corrected chi connectivity index (χ4v) is 3.47. The number of ketones is 1. The number of nitrogens with zero attached hydrogens (tertiary/aromatic N) is 1. The number of hydrogen-bond acceptors (Lipinski definition) is 2. The number of amides is 1. The fourth-order valence-electron chi connectivity index (χ4n) is 3.47. The van der Waals surface area contributed by atoms with Gasteiger partial charge in [-0.2, -0.15) is 0 Å². The first-order valence-corrected chi connectivity index (χ1v) is 8.83. The molecule has 2 rings (SSSR count). The zero-order chi connectivity index (χ0) is 16.8. The van der Waals surface area contributed by atoms with Crippen LogP contribution in [0.4, 0.5) is 0 Å². The molecule has 2 unspecified atom stereocenters. The van der Waals surface area contributed by atoms with Gasteiger partial charge in [0.25, 0.3) is 0 Å². The lowest BCUT2D eigenvalue weighted by Gasteiger charge is -2.38. The molecule has 1 amide bonds. The molecule has 0 aliphatic carbocycles. The van der Waals surface area contributed by atoms with Crippen molar-refractivity contribution in [2.75, 3.05) is 6.54 Å². The minimum Gasteiger partial charge on any atom is -0.340 e. The van der Waals surface area contributed by atoms with Gasteiger partial charge in [0.2, 0.25) is 5.91 Å². The average Bonchev–Trinajstić information content (AvgIpc) is 2.51. The summed E-state index contributed by atoms with van der Waals surface area (Å²) < 4.78 is 0. The predicted molar refractivity (Wildman–Crippen MR) is 93.1 cm³/mol. The van der Waals surface area contributed by atoms with E-state index >= 15 is 0 Å². The lowest BCUT2D eigenvalue weighted by Crippen LogP contribution is -2.48. The number of benzene rings is 1.